The lowest BCUT2D eigenvalue weighted by Gasteiger charge is -2.30. The Morgan fingerprint density at radius 3 is 2.63 bits per heavy atom. The number of halogens is 1. The third-order valence-corrected chi connectivity index (χ3v) is 6.24. The molecule has 4 atom stereocenters. The SMILES string of the molecule is CCOC(=O)C(CCC(C)C)N[C@H]1CCC[C@H]2SC[C@@H](C(=O)O)N2C1=O.Cl. The first-order chi connectivity index (χ1) is 12.3. The number of hydrogen-bond donors (Lipinski definition) is 2. The van der Waals surface area contributed by atoms with Gasteiger partial charge in [0.2, 0.25) is 5.91 Å². The Hall–Kier alpha value is -0.990. The molecule has 7 nitrogen and oxygen atoms in total. The fourth-order valence-corrected chi connectivity index (χ4v) is 4.93. The number of amides is 1. The molecular formula is C18H31ClN2O5S. The molecule has 2 aliphatic rings. The highest BCUT2D eigenvalue weighted by molar-refractivity contribution is 8.00. The summed E-state index contributed by atoms with van der Waals surface area (Å²) in [5, 5.41) is 12.5. The number of aliphatic carboxylic acids is 1. The maximum Gasteiger partial charge on any atom is 0.327 e. The van der Waals surface area contributed by atoms with Crippen LogP contribution in [0.2, 0.25) is 0 Å². The van der Waals surface area contributed by atoms with Crippen LogP contribution in [0.4, 0.5) is 0 Å². The minimum atomic E-state index is -0.962. The van der Waals surface area contributed by atoms with Crippen LogP contribution in [-0.4, -0.2) is 63.7 Å². The predicted molar refractivity (Wildman–Crippen MR) is 107 cm³/mol. The number of nitrogens with zero attached hydrogens (tertiary/aromatic N) is 1. The van der Waals surface area contributed by atoms with E-state index in [1.54, 1.807) is 6.92 Å². The van der Waals surface area contributed by atoms with Gasteiger partial charge >= 0.3 is 11.9 Å². The molecule has 156 valence electrons. The summed E-state index contributed by atoms with van der Waals surface area (Å²) in [7, 11) is 0. The Bertz CT molecular complexity index is 534. The molecule has 2 N–H and O–H groups in total. The van der Waals surface area contributed by atoms with Gasteiger partial charge in [-0.2, -0.15) is 0 Å². The van der Waals surface area contributed by atoms with Crippen molar-refractivity contribution in [1.29, 1.82) is 0 Å². The molecule has 0 aliphatic carbocycles. The standard InChI is InChI=1S/C18H30N2O5S.ClH/c1-4-25-18(24)13(9-8-11(2)3)19-12-6-5-7-15-20(16(12)21)14(10-26-15)17(22)23;/h11-15,19H,4-10H2,1-3H3,(H,22,23);1H/t12-,13?,14-,15+;/m0./s1. The van der Waals surface area contributed by atoms with Crippen LogP contribution in [0, 0.1) is 5.92 Å². The maximum absolute atomic E-state index is 13.0. The number of carbonyl (C=O) groups excluding carboxylic acids is 2. The molecule has 0 aromatic rings. The summed E-state index contributed by atoms with van der Waals surface area (Å²) in [6.45, 7) is 6.23. The second-order valence-corrected chi connectivity index (χ2v) is 8.52. The summed E-state index contributed by atoms with van der Waals surface area (Å²) in [4.78, 5) is 38.4. The maximum atomic E-state index is 13.0. The first-order valence-electron chi connectivity index (χ1n) is 9.44. The summed E-state index contributed by atoms with van der Waals surface area (Å²) in [5.74, 6) is -0.645. The summed E-state index contributed by atoms with van der Waals surface area (Å²) in [5.41, 5.74) is 0. The number of esters is 1. The van der Waals surface area contributed by atoms with Crippen LogP contribution in [0.3, 0.4) is 0 Å². The van der Waals surface area contributed by atoms with E-state index < -0.39 is 24.1 Å². The molecule has 1 unspecified atom stereocenters. The molecular weight excluding hydrogens is 392 g/mol. The van der Waals surface area contributed by atoms with Crippen LogP contribution < -0.4 is 5.32 Å². The number of fused-ring (bicyclic) bond motifs is 1. The third-order valence-electron chi connectivity index (χ3n) is 4.88. The number of thioether (sulfide) groups is 1. The average Bonchev–Trinajstić information content (AvgIpc) is 2.94. The van der Waals surface area contributed by atoms with Crippen molar-refractivity contribution in [3.8, 4) is 0 Å². The number of carboxylic acid groups (broad SMARTS) is 1. The first kappa shape index (κ1) is 24.0. The van der Waals surface area contributed by atoms with Crippen LogP contribution in [-0.2, 0) is 19.1 Å². The van der Waals surface area contributed by atoms with Gasteiger partial charge in [-0.15, -0.1) is 24.2 Å². The molecule has 0 aromatic heterocycles. The zero-order valence-electron chi connectivity index (χ0n) is 16.2. The second kappa shape index (κ2) is 11.1. The van der Waals surface area contributed by atoms with E-state index in [-0.39, 0.29) is 29.7 Å². The number of rotatable bonds is 8. The van der Waals surface area contributed by atoms with E-state index in [4.69, 9.17) is 4.74 Å². The molecule has 0 aromatic carbocycles. The number of nitrogens with one attached hydrogen (secondary N) is 1. The highest BCUT2D eigenvalue weighted by Gasteiger charge is 2.45. The predicted octanol–water partition coefficient (Wildman–Crippen LogP) is 2.27. The lowest BCUT2D eigenvalue weighted by atomic mass is 10.0. The van der Waals surface area contributed by atoms with Gasteiger partial charge in [-0.25, -0.2) is 4.79 Å². The van der Waals surface area contributed by atoms with Crippen molar-refractivity contribution in [3.05, 3.63) is 0 Å². The molecule has 0 radical (unpaired) electrons. The van der Waals surface area contributed by atoms with E-state index in [2.05, 4.69) is 19.2 Å². The van der Waals surface area contributed by atoms with Crippen molar-refractivity contribution >= 4 is 42.0 Å². The Kier molecular flexibility index (Phi) is 9.90. The number of ether oxygens (including phenoxy) is 1. The van der Waals surface area contributed by atoms with Crippen molar-refractivity contribution in [2.75, 3.05) is 12.4 Å². The van der Waals surface area contributed by atoms with Crippen molar-refractivity contribution in [2.45, 2.75) is 76.4 Å². The van der Waals surface area contributed by atoms with Gasteiger partial charge in [-0.3, -0.25) is 14.9 Å². The molecule has 2 aliphatic heterocycles. The summed E-state index contributed by atoms with van der Waals surface area (Å²) in [6.07, 6.45) is 3.66. The quantitative estimate of drug-likeness (QED) is 0.579. The van der Waals surface area contributed by atoms with Crippen molar-refractivity contribution < 1.29 is 24.2 Å². The molecule has 2 saturated heterocycles. The number of hydrogen-bond acceptors (Lipinski definition) is 6. The third kappa shape index (κ3) is 6.26. The van der Waals surface area contributed by atoms with E-state index >= 15 is 0 Å². The Balaban J connectivity index is 0.00000364. The Morgan fingerprint density at radius 1 is 1.33 bits per heavy atom. The van der Waals surface area contributed by atoms with E-state index in [9.17, 15) is 19.5 Å². The topological polar surface area (TPSA) is 95.9 Å². The lowest BCUT2D eigenvalue weighted by molar-refractivity contribution is -0.151. The normalized spacial score (nSPS) is 26.1. The minimum Gasteiger partial charge on any atom is -0.480 e. The monoisotopic (exact) mass is 422 g/mol. The van der Waals surface area contributed by atoms with Crippen LogP contribution >= 0.6 is 24.2 Å². The molecule has 0 spiro atoms. The van der Waals surface area contributed by atoms with Gasteiger partial charge in [-0.05, 0) is 44.9 Å². The average molecular weight is 423 g/mol. The highest BCUT2D eigenvalue weighted by Crippen LogP contribution is 2.35. The van der Waals surface area contributed by atoms with Crippen LogP contribution in [0.15, 0.2) is 0 Å². The van der Waals surface area contributed by atoms with Crippen molar-refractivity contribution in [1.82, 2.24) is 10.2 Å². The summed E-state index contributed by atoms with van der Waals surface area (Å²) >= 11 is 1.53. The molecule has 2 fully saturated rings. The van der Waals surface area contributed by atoms with E-state index in [1.807, 2.05) is 0 Å². The summed E-state index contributed by atoms with van der Waals surface area (Å²) < 4.78 is 5.17. The number of carbonyl (C=O) groups is 3. The van der Waals surface area contributed by atoms with Crippen molar-refractivity contribution in [2.24, 2.45) is 5.92 Å². The van der Waals surface area contributed by atoms with E-state index in [0.29, 0.717) is 31.1 Å². The van der Waals surface area contributed by atoms with Crippen molar-refractivity contribution in [3.63, 3.8) is 0 Å². The van der Waals surface area contributed by atoms with Gasteiger partial charge in [-0.1, -0.05) is 13.8 Å². The van der Waals surface area contributed by atoms with Gasteiger partial charge in [0.25, 0.3) is 0 Å². The largest absolute Gasteiger partial charge is 0.480 e. The van der Waals surface area contributed by atoms with Gasteiger partial charge in [0.1, 0.15) is 12.1 Å². The highest BCUT2D eigenvalue weighted by atomic mass is 35.5. The molecule has 27 heavy (non-hydrogen) atoms. The molecule has 2 rings (SSSR count). The number of carboxylic acids is 1. The Labute approximate surface area is 171 Å². The molecule has 0 saturated carbocycles. The molecule has 2 heterocycles. The molecule has 9 heteroatoms. The first-order valence-corrected chi connectivity index (χ1v) is 10.5. The Morgan fingerprint density at radius 2 is 2.04 bits per heavy atom. The lowest BCUT2D eigenvalue weighted by Crippen LogP contribution is -2.55. The van der Waals surface area contributed by atoms with Gasteiger partial charge < -0.3 is 14.7 Å². The van der Waals surface area contributed by atoms with Gasteiger partial charge in [0.05, 0.1) is 18.0 Å². The fraction of sp³-hybridized carbons (Fsp3) is 0.833. The molecule has 1 amide bonds. The fourth-order valence-electron chi connectivity index (χ4n) is 3.48. The zero-order valence-corrected chi connectivity index (χ0v) is 17.8. The van der Waals surface area contributed by atoms with Crippen LogP contribution in [0.25, 0.3) is 0 Å². The smallest absolute Gasteiger partial charge is 0.327 e. The van der Waals surface area contributed by atoms with E-state index in [0.717, 1.165) is 19.3 Å². The van der Waals surface area contributed by atoms with E-state index in [1.165, 1.54) is 16.7 Å². The van der Waals surface area contributed by atoms with Gasteiger partial charge in [0, 0.05) is 5.75 Å². The van der Waals surface area contributed by atoms with Crippen LogP contribution in [0.5, 0.6) is 0 Å². The summed E-state index contributed by atoms with van der Waals surface area (Å²) in [6, 6.07) is -1.86. The molecule has 0 bridgehead atoms. The zero-order chi connectivity index (χ0) is 19.3. The van der Waals surface area contributed by atoms with Gasteiger partial charge in [0.15, 0.2) is 0 Å². The van der Waals surface area contributed by atoms with Crippen LogP contribution in [0.1, 0.15) is 52.9 Å². The second-order valence-electron chi connectivity index (χ2n) is 7.31. The minimum absolute atomic E-state index is 0.